The lowest BCUT2D eigenvalue weighted by molar-refractivity contribution is -0.129. The molecule has 0 bridgehead atoms. The predicted molar refractivity (Wildman–Crippen MR) is 76.3 cm³/mol. The van der Waals surface area contributed by atoms with Crippen LogP contribution in [0.4, 0.5) is 0 Å². The predicted octanol–water partition coefficient (Wildman–Crippen LogP) is 3.23. The summed E-state index contributed by atoms with van der Waals surface area (Å²) in [4.78, 5) is 12.1. The van der Waals surface area contributed by atoms with Crippen LogP contribution in [-0.2, 0) is 11.2 Å². The fourth-order valence-corrected chi connectivity index (χ4v) is 2.44. The standard InChI is InChI=1S/C16H23NO2/c1-16(2,3)15(18)17-14-7-5-6-11-10-12(19-4)8-9-13(11)14/h8-10,14H,5-7H2,1-4H3,(H,17,18)/t14-/m0/s1. The molecule has 3 nitrogen and oxygen atoms in total. The molecule has 1 atom stereocenters. The lowest BCUT2D eigenvalue weighted by Crippen LogP contribution is -2.38. The molecule has 0 aromatic heterocycles. The smallest absolute Gasteiger partial charge is 0.225 e. The van der Waals surface area contributed by atoms with E-state index in [0.717, 1.165) is 25.0 Å². The Bertz CT molecular complexity index is 474. The van der Waals surface area contributed by atoms with Gasteiger partial charge < -0.3 is 10.1 Å². The van der Waals surface area contributed by atoms with Gasteiger partial charge in [0.1, 0.15) is 5.75 Å². The number of methoxy groups -OCH3 is 1. The molecule has 1 N–H and O–H groups in total. The molecule has 19 heavy (non-hydrogen) atoms. The number of nitrogens with one attached hydrogen (secondary N) is 1. The molecule has 1 aliphatic carbocycles. The quantitative estimate of drug-likeness (QED) is 0.887. The van der Waals surface area contributed by atoms with E-state index in [2.05, 4.69) is 17.4 Å². The van der Waals surface area contributed by atoms with Crippen LogP contribution in [0, 0.1) is 5.41 Å². The van der Waals surface area contributed by atoms with E-state index in [1.807, 2.05) is 26.8 Å². The summed E-state index contributed by atoms with van der Waals surface area (Å²) in [6, 6.07) is 6.29. The number of hydrogen-bond acceptors (Lipinski definition) is 2. The van der Waals surface area contributed by atoms with E-state index in [0.29, 0.717) is 0 Å². The van der Waals surface area contributed by atoms with Crippen molar-refractivity contribution in [1.82, 2.24) is 5.32 Å². The summed E-state index contributed by atoms with van der Waals surface area (Å²) in [6.07, 6.45) is 3.19. The third kappa shape index (κ3) is 3.09. The van der Waals surface area contributed by atoms with Gasteiger partial charge in [0.05, 0.1) is 13.2 Å². The molecule has 104 valence electrons. The molecule has 1 amide bonds. The lowest BCUT2D eigenvalue weighted by Gasteiger charge is -2.29. The Morgan fingerprint density at radius 3 is 2.74 bits per heavy atom. The van der Waals surface area contributed by atoms with E-state index in [9.17, 15) is 4.79 Å². The van der Waals surface area contributed by atoms with Gasteiger partial charge in [-0.2, -0.15) is 0 Å². The first kappa shape index (κ1) is 13.9. The van der Waals surface area contributed by atoms with Gasteiger partial charge in [0, 0.05) is 5.41 Å². The number of aryl methyl sites for hydroxylation is 1. The van der Waals surface area contributed by atoms with Gasteiger partial charge >= 0.3 is 0 Å². The molecule has 3 heteroatoms. The zero-order valence-corrected chi connectivity index (χ0v) is 12.2. The number of amides is 1. The minimum Gasteiger partial charge on any atom is -0.497 e. The summed E-state index contributed by atoms with van der Waals surface area (Å²) in [7, 11) is 1.68. The van der Waals surface area contributed by atoms with Crippen molar-refractivity contribution in [2.75, 3.05) is 7.11 Å². The first-order valence-corrected chi connectivity index (χ1v) is 6.89. The van der Waals surface area contributed by atoms with E-state index >= 15 is 0 Å². The Morgan fingerprint density at radius 2 is 2.11 bits per heavy atom. The van der Waals surface area contributed by atoms with Gasteiger partial charge in [-0.1, -0.05) is 26.8 Å². The maximum atomic E-state index is 12.1. The Labute approximate surface area is 115 Å². The summed E-state index contributed by atoms with van der Waals surface area (Å²) < 4.78 is 5.26. The molecule has 2 rings (SSSR count). The van der Waals surface area contributed by atoms with Crippen molar-refractivity contribution in [1.29, 1.82) is 0 Å². The fraction of sp³-hybridized carbons (Fsp3) is 0.562. The van der Waals surface area contributed by atoms with Crippen LogP contribution in [0.5, 0.6) is 5.75 Å². The molecule has 0 saturated carbocycles. The van der Waals surface area contributed by atoms with Crippen LogP contribution in [0.2, 0.25) is 0 Å². The Morgan fingerprint density at radius 1 is 1.37 bits per heavy atom. The van der Waals surface area contributed by atoms with Crippen LogP contribution in [0.25, 0.3) is 0 Å². The topological polar surface area (TPSA) is 38.3 Å². The van der Waals surface area contributed by atoms with Crippen LogP contribution in [0.3, 0.4) is 0 Å². The highest BCUT2D eigenvalue weighted by Gasteiger charge is 2.27. The zero-order chi connectivity index (χ0) is 14.0. The van der Waals surface area contributed by atoms with Gasteiger partial charge in [0.2, 0.25) is 5.91 Å². The van der Waals surface area contributed by atoms with Crippen molar-refractivity contribution in [3.05, 3.63) is 29.3 Å². The summed E-state index contributed by atoms with van der Waals surface area (Å²) in [5.41, 5.74) is 2.19. The molecule has 0 fully saturated rings. The summed E-state index contributed by atoms with van der Waals surface area (Å²) in [5.74, 6) is 1.00. The second-order valence-electron chi connectivity index (χ2n) is 6.23. The van der Waals surface area contributed by atoms with Gasteiger partial charge in [-0.3, -0.25) is 4.79 Å². The molecule has 1 aliphatic rings. The summed E-state index contributed by atoms with van der Waals surface area (Å²) in [6.45, 7) is 5.83. The number of hydrogen-bond donors (Lipinski definition) is 1. The zero-order valence-electron chi connectivity index (χ0n) is 12.2. The van der Waals surface area contributed by atoms with E-state index < -0.39 is 0 Å². The molecule has 0 radical (unpaired) electrons. The van der Waals surface area contributed by atoms with E-state index in [-0.39, 0.29) is 17.4 Å². The summed E-state index contributed by atoms with van der Waals surface area (Å²) >= 11 is 0. The fourth-order valence-electron chi connectivity index (χ4n) is 2.44. The van der Waals surface area contributed by atoms with Crippen molar-refractivity contribution in [3.8, 4) is 5.75 Å². The molecular weight excluding hydrogens is 238 g/mol. The number of benzene rings is 1. The molecule has 0 unspecified atom stereocenters. The van der Waals surface area contributed by atoms with Crippen molar-refractivity contribution < 1.29 is 9.53 Å². The van der Waals surface area contributed by atoms with Gasteiger partial charge in [0.25, 0.3) is 0 Å². The maximum Gasteiger partial charge on any atom is 0.225 e. The van der Waals surface area contributed by atoms with Crippen LogP contribution >= 0.6 is 0 Å². The first-order chi connectivity index (χ1) is 8.91. The first-order valence-electron chi connectivity index (χ1n) is 6.89. The second-order valence-corrected chi connectivity index (χ2v) is 6.23. The van der Waals surface area contributed by atoms with Gasteiger partial charge in [-0.05, 0) is 42.5 Å². The Balaban J connectivity index is 2.21. The van der Waals surface area contributed by atoms with Gasteiger partial charge in [-0.15, -0.1) is 0 Å². The molecule has 0 heterocycles. The average Bonchev–Trinajstić information content (AvgIpc) is 2.37. The van der Waals surface area contributed by atoms with Gasteiger partial charge in [0.15, 0.2) is 0 Å². The Kier molecular flexibility index (Phi) is 3.83. The Hall–Kier alpha value is -1.51. The normalized spacial score (nSPS) is 18.6. The number of ether oxygens (including phenoxy) is 1. The van der Waals surface area contributed by atoms with E-state index in [1.54, 1.807) is 7.11 Å². The maximum absolute atomic E-state index is 12.1. The third-order valence-corrected chi connectivity index (χ3v) is 3.65. The largest absolute Gasteiger partial charge is 0.497 e. The van der Waals surface area contributed by atoms with Crippen molar-refractivity contribution in [2.45, 2.75) is 46.1 Å². The third-order valence-electron chi connectivity index (χ3n) is 3.65. The number of carbonyl (C=O) groups excluding carboxylic acids is 1. The highest BCUT2D eigenvalue weighted by Crippen LogP contribution is 2.32. The van der Waals surface area contributed by atoms with Gasteiger partial charge in [-0.25, -0.2) is 0 Å². The molecule has 0 saturated heterocycles. The number of carbonyl (C=O) groups is 1. The SMILES string of the molecule is COc1ccc2c(c1)CCC[C@@H]2NC(=O)C(C)(C)C. The highest BCUT2D eigenvalue weighted by molar-refractivity contribution is 5.81. The molecule has 1 aromatic rings. The molecule has 0 aliphatic heterocycles. The van der Waals surface area contributed by atoms with Crippen molar-refractivity contribution in [3.63, 3.8) is 0 Å². The molecule has 0 spiro atoms. The summed E-state index contributed by atoms with van der Waals surface area (Å²) in [5, 5.41) is 3.17. The minimum absolute atomic E-state index is 0.112. The van der Waals surface area contributed by atoms with Crippen LogP contribution in [-0.4, -0.2) is 13.0 Å². The van der Waals surface area contributed by atoms with Crippen LogP contribution < -0.4 is 10.1 Å². The van der Waals surface area contributed by atoms with Crippen LogP contribution in [0.15, 0.2) is 18.2 Å². The average molecular weight is 261 g/mol. The number of fused-ring (bicyclic) bond motifs is 1. The van der Waals surface area contributed by atoms with Crippen molar-refractivity contribution in [2.24, 2.45) is 5.41 Å². The highest BCUT2D eigenvalue weighted by atomic mass is 16.5. The van der Waals surface area contributed by atoms with Crippen LogP contribution in [0.1, 0.15) is 50.8 Å². The van der Waals surface area contributed by atoms with E-state index in [1.165, 1.54) is 11.1 Å². The number of rotatable bonds is 2. The van der Waals surface area contributed by atoms with Crippen molar-refractivity contribution >= 4 is 5.91 Å². The second kappa shape index (κ2) is 5.24. The molecular formula is C16H23NO2. The van der Waals surface area contributed by atoms with E-state index in [4.69, 9.17) is 4.74 Å². The lowest BCUT2D eigenvalue weighted by atomic mass is 9.86. The molecule has 1 aromatic carbocycles. The minimum atomic E-state index is -0.343. The monoisotopic (exact) mass is 261 g/mol.